The van der Waals surface area contributed by atoms with E-state index in [2.05, 4.69) is 5.32 Å². The molecule has 0 heterocycles. The van der Waals surface area contributed by atoms with Crippen molar-refractivity contribution in [2.75, 3.05) is 17.5 Å². The largest absolute Gasteiger partial charge is 0.494 e. The van der Waals surface area contributed by atoms with E-state index >= 15 is 0 Å². The van der Waals surface area contributed by atoms with E-state index in [0.717, 1.165) is 4.31 Å². The molecule has 0 aliphatic carbocycles. The van der Waals surface area contributed by atoms with E-state index < -0.39 is 34.1 Å². The molecular weight excluding hydrogens is 585 g/mol. The first kappa shape index (κ1) is 32.2. The number of hydrogen-bond donors (Lipinski definition) is 1. The number of amides is 2. The molecule has 3 aromatic rings. The number of hydrogen-bond acceptors (Lipinski definition) is 5. The van der Waals surface area contributed by atoms with E-state index in [9.17, 15) is 18.0 Å². The molecule has 3 rings (SSSR count). The summed E-state index contributed by atoms with van der Waals surface area (Å²) in [7, 11) is -4.21. The molecule has 0 unspecified atom stereocenters. The van der Waals surface area contributed by atoms with Crippen LogP contribution in [0.4, 0.5) is 5.69 Å². The molecule has 11 heteroatoms. The standard InChI is InChI=1S/C30H35Cl2N3O5S/c1-6-40-26-14-12-25(13-15-26)35(41(38,39)27-16-10-23(31)11-17-27)20-28(36)34(19-22-8-7-9-24(32)18-22)21(2)29(37)33-30(3,4)5/h7-18,21H,6,19-20H2,1-5H3,(H,33,37)/t21-/m0/s1. The number of anilines is 1. The van der Waals surface area contributed by atoms with Crippen LogP contribution in [-0.4, -0.2) is 49.9 Å². The van der Waals surface area contributed by atoms with Gasteiger partial charge in [0.2, 0.25) is 11.8 Å². The highest BCUT2D eigenvalue weighted by Crippen LogP contribution is 2.27. The minimum Gasteiger partial charge on any atom is -0.494 e. The van der Waals surface area contributed by atoms with Gasteiger partial charge >= 0.3 is 0 Å². The highest BCUT2D eigenvalue weighted by Gasteiger charge is 2.33. The van der Waals surface area contributed by atoms with Crippen LogP contribution in [0, 0.1) is 0 Å². The zero-order valence-electron chi connectivity index (χ0n) is 23.7. The smallest absolute Gasteiger partial charge is 0.264 e. The second-order valence-corrected chi connectivity index (χ2v) is 13.2. The van der Waals surface area contributed by atoms with Crippen molar-refractivity contribution in [1.29, 1.82) is 0 Å². The number of sulfonamides is 1. The third-order valence-electron chi connectivity index (χ3n) is 6.02. The molecule has 1 N–H and O–H groups in total. The molecule has 1 atom stereocenters. The maximum Gasteiger partial charge on any atom is 0.264 e. The Labute approximate surface area is 252 Å². The number of ether oxygens (including phenoxy) is 1. The van der Waals surface area contributed by atoms with Crippen molar-refractivity contribution in [1.82, 2.24) is 10.2 Å². The van der Waals surface area contributed by atoms with Crippen molar-refractivity contribution in [3.63, 3.8) is 0 Å². The maximum absolute atomic E-state index is 14.0. The molecule has 0 fully saturated rings. The number of rotatable bonds is 11. The van der Waals surface area contributed by atoms with E-state index in [1.807, 2.05) is 27.7 Å². The molecule has 220 valence electrons. The van der Waals surface area contributed by atoms with Gasteiger partial charge in [-0.2, -0.15) is 0 Å². The molecule has 0 aliphatic heterocycles. The third kappa shape index (κ3) is 8.86. The summed E-state index contributed by atoms with van der Waals surface area (Å²) in [4.78, 5) is 28.5. The quantitative estimate of drug-likeness (QED) is 0.287. The third-order valence-corrected chi connectivity index (χ3v) is 8.30. The van der Waals surface area contributed by atoms with E-state index in [4.69, 9.17) is 27.9 Å². The molecule has 8 nitrogen and oxygen atoms in total. The first-order chi connectivity index (χ1) is 19.2. The fourth-order valence-electron chi connectivity index (χ4n) is 4.03. The Morgan fingerprint density at radius 3 is 2.15 bits per heavy atom. The Morgan fingerprint density at radius 1 is 0.951 bits per heavy atom. The van der Waals surface area contributed by atoms with Gasteiger partial charge in [0, 0.05) is 22.1 Å². The normalized spacial score (nSPS) is 12.4. The zero-order valence-corrected chi connectivity index (χ0v) is 26.1. The number of carbonyl (C=O) groups is 2. The summed E-state index contributed by atoms with van der Waals surface area (Å²) < 4.78 is 34.3. The van der Waals surface area contributed by atoms with Crippen LogP contribution in [-0.2, 0) is 26.2 Å². The molecule has 0 radical (unpaired) electrons. The molecule has 0 saturated carbocycles. The second-order valence-electron chi connectivity index (χ2n) is 10.5. The van der Waals surface area contributed by atoms with Gasteiger partial charge in [-0.05, 0) is 101 Å². The first-order valence-electron chi connectivity index (χ1n) is 13.1. The monoisotopic (exact) mass is 619 g/mol. The van der Waals surface area contributed by atoms with Gasteiger partial charge in [-0.3, -0.25) is 13.9 Å². The lowest BCUT2D eigenvalue weighted by atomic mass is 10.1. The van der Waals surface area contributed by atoms with Crippen LogP contribution in [0.2, 0.25) is 10.0 Å². The molecule has 0 aromatic heterocycles. The zero-order chi connectivity index (χ0) is 30.4. The Bertz CT molecular complexity index is 1460. The number of benzene rings is 3. The molecule has 41 heavy (non-hydrogen) atoms. The molecule has 3 aromatic carbocycles. The SMILES string of the molecule is CCOc1ccc(N(CC(=O)N(Cc2cccc(Cl)c2)[C@@H](C)C(=O)NC(C)(C)C)S(=O)(=O)c2ccc(Cl)cc2)cc1. The molecule has 2 amide bonds. The van der Waals surface area contributed by atoms with Gasteiger partial charge in [0.15, 0.2) is 0 Å². The summed E-state index contributed by atoms with van der Waals surface area (Å²) >= 11 is 12.2. The van der Waals surface area contributed by atoms with Gasteiger partial charge in [-0.1, -0.05) is 35.3 Å². The summed E-state index contributed by atoms with van der Waals surface area (Å²) in [5, 5.41) is 3.75. The van der Waals surface area contributed by atoms with Crippen molar-refractivity contribution in [2.24, 2.45) is 0 Å². The summed E-state index contributed by atoms with van der Waals surface area (Å²) in [5.74, 6) is -0.393. The number of carbonyl (C=O) groups excluding carboxylic acids is 2. The van der Waals surface area contributed by atoms with Crippen LogP contribution in [0.1, 0.15) is 40.2 Å². The molecule has 0 bridgehead atoms. The summed E-state index contributed by atoms with van der Waals surface area (Å²) in [6.45, 7) is 8.89. The van der Waals surface area contributed by atoms with Crippen molar-refractivity contribution in [3.05, 3.63) is 88.4 Å². The van der Waals surface area contributed by atoms with Crippen molar-refractivity contribution < 1.29 is 22.7 Å². The number of nitrogens with zero attached hydrogens (tertiary/aromatic N) is 2. The predicted molar refractivity (Wildman–Crippen MR) is 163 cm³/mol. The molecule has 0 spiro atoms. The summed E-state index contributed by atoms with van der Waals surface area (Å²) in [6, 6.07) is 18.1. The van der Waals surface area contributed by atoms with Crippen LogP contribution in [0.25, 0.3) is 0 Å². The lowest BCUT2D eigenvalue weighted by Gasteiger charge is -2.33. The highest BCUT2D eigenvalue weighted by atomic mass is 35.5. The van der Waals surface area contributed by atoms with E-state index in [-0.39, 0.29) is 23.0 Å². The lowest BCUT2D eigenvalue weighted by Crippen LogP contribution is -2.54. The van der Waals surface area contributed by atoms with Crippen molar-refractivity contribution in [3.8, 4) is 5.75 Å². The lowest BCUT2D eigenvalue weighted by molar-refractivity contribution is -0.140. The summed E-state index contributed by atoms with van der Waals surface area (Å²) in [6.07, 6.45) is 0. The maximum atomic E-state index is 14.0. The van der Waals surface area contributed by atoms with Gasteiger partial charge in [-0.25, -0.2) is 8.42 Å². The summed E-state index contributed by atoms with van der Waals surface area (Å²) in [5.41, 5.74) is 0.406. The Hall–Kier alpha value is -3.27. The fraction of sp³-hybridized carbons (Fsp3) is 0.333. The Balaban J connectivity index is 2.04. The van der Waals surface area contributed by atoms with E-state index in [1.54, 1.807) is 55.5 Å². The van der Waals surface area contributed by atoms with Crippen LogP contribution < -0.4 is 14.4 Å². The average molecular weight is 621 g/mol. The highest BCUT2D eigenvalue weighted by molar-refractivity contribution is 7.92. The average Bonchev–Trinajstić information content (AvgIpc) is 2.90. The molecule has 0 saturated heterocycles. The van der Waals surface area contributed by atoms with Crippen LogP contribution in [0.15, 0.2) is 77.7 Å². The number of nitrogens with one attached hydrogen (secondary N) is 1. The van der Waals surface area contributed by atoms with Gasteiger partial charge < -0.3 is 15.0 Å². The van der Waals surface area contributed by atoms with Gasteiger partial charge in [-0.15, -0.1) is 0 Å². The Kier molecular flexibility index (Phi) is 10.7. The van der Waals surface area contributed by atoms with Gasteiger partial charge in [0.05, 0.1) is 17.2 Å². The van der Waals surface area contributed by atoms with Crippen LogP contribution in [0.3, 0.4) is 0 Å². The fourth-order valence-corrected chi connectivity index (χ4v) is 5.78. The topological polar surface area (TPSA) is 96.0 Å². The first-order valence-corrected chi connectivity index (χ1v) is 15.3. The minimum atomic E-state index is -4.21. The van der Waals surface area contributed by atoms with Crippen LogP contribution >= 0.6 is 23.2 Å². The van der Waals surface area contributed by atoms with Crippen LogP contribution in [0.5, 0.6) is 5.75 Å². The van der Waals surface area contributed by atoms with Crippen molar-refractivity contribution >= 4 is 50.7 Å². The van der Waals surface area contributed by atoms with Gasteiger partial charge in [0.25, 0.3) is 10.0 Å². The van der Waals surface area contributed by atoms with Gasteiger partial charge in [0.1, 0.15) is 18.3 Å². The van der Waals surface area contributed by atoms with Crippen molar-refractivity contribution in [2.45, 2.75) is 57.6 Å². The molecular formula is C30H35Cl2N3O5S. The second kappa shape index (κ2) is 13.6. The number of halogens is 2. The Morgan fingerprint density at radius 2 is 1.59 bits per heavy atom. The molecule has 0 aliphatic rings. The van der Waals surface area contributed by atoms with E-state index in [1.165, 1.54) is 29.2 Å². The van der Waals surface area contributed by atoms with E-state index in [0.29, 0.717) is 28.0 Å². The predicted octanol–water partition coefficient (Wildman–Crippen LogP) is 5.92. The minimum absolute atomic E-state index is 0.0379.